The molecule has 0 aromatic rings. The maximum Gasteiger partial charge on any atom is 0.472 e. The second-order valence-corrected chi connectivity index (χ2v) is 33.5. The third-order valence-corrected chi connectivity index (χ3v) is 20.8. The summed E-state index contributed by atoms with van der Waals surface area (Å²) in [6, 6.07) is 0. The number of carbonyl (C=O) groups is 4. The van der Waals surface area contributed by atoms with Gasteiger partial charge in [-0.25, -0.2) is 9.13 Å². The van der Waals surface area contributed by atoms with Crippen molar-refractivity contribution in [2.24, 2.45) is 17.8 Å². The van der Waals surface area contributed by atoms with Crippen LogP contribution in [0.2, 0.25) is 0 Å². The molecule has 0 bridgehead atoms. The third-order valence-electron chi connectivity index (χ3n) is 18.9. The highest BCUT2D eigenvalue weighted by molar-refractivity contribution is 7.47. The van der Waals surface area contributed by atoms with Gasteiger partial charge in [-0.05, 0) is 43.4 Å². The number of aliphatic hydroxyl groups is 1. The van der Waals surface area contributed by atoms with E-state index in [1.54, 1.807) is 0 Å². The number of unbranched alkanes of at least 4 members (excludes halogenated alkanes) is 47. The summed E-state index contributed by atoms with van der Waals surface area (Å²) in [5, 5.41) is 10.7. The molecule has 0 aromatic heterocycles. The lowest BCUT2D eigenvalue weighted by Gasteiger charge is -2.21. The highest BCUT2D eigenvalue weighted by Gasteiger charge is 2.30. The zero-order chi connectivity index (χ0) is 73.7. The van der Waals surface area contributed by atoms with E-state index in [4.69, 9.17) is 37.0 Å². The number of phosphoric ester groups is 2. The highest BCUT2D eigenvalue weighted by atomic mass is 31.2. The van der Waals surface area contributed by atoms with E-state index >= 15 is 0 Å². The lowest BCUT2D eigenvalue weighted by molar-refractivity contribution is -0.161. The average Bonchev–Trinajstić information content (AvgIpc) is 1.02. The number of esters is 4. The Morgan fingerprint density at radius 3 is 0.680 bits per heavy atom. The van der Waals surface area contributed by atoms with Crippen LogP contribution in [-0.2, 0) is 65.4 Å². The number of rotatable bonds is 79. The second-order valence-electron chi connectivity index (χ2n) is 30.6. The SMILES string of the molecule is CCCCCCCCCCCCCCCC(=O)OC[C@H](COP(=O)(O)OC[C@H](O)COP(=O)(O)OC[C@@H](COC(=O)CCCCCCCCCCCCCCC(C)C)OC(=O)CCCCCCCCCCCCCCCCC(C)C)OC(=O)CCCCCCCCCCCCCCC(C)C. The summed E-state index contributed by atoms with van der Waals surface area (Å²) in [7, 11) is -9.92. The molecule has 0 aliphatic rings. The van der Waals surface area contributed by atoms with Crippen molar-refractivity contribution < 1.29 is 80.2 Å². The first-order valence-electron chi connectivity index (χ1n) is 41.8. The van der Waals surface area contributed by atoms with Crippen LogP contribution in [0, 0.1) is 17.8 Å². The summed E-state index contributed by atoms with van der Waals surface area (Å²) in [6.07, 6.45) is 59.5. The molecule has 0 saturated carbocycles. The topological polar surface area (TPSA) is 237 Å². The van der Waals surface area contributed by atoms with Crippen LogP contribution in [0.1, 0.15) is 421 Å². The zero-order valence-electron chi connectivity index (χ0n) is 65.7. The lowest BCUT2D eigenvalue weighted by Crippen LogP contribution is -2.30. The zero-order valence-corrected chi connectivity index (χ0v) is 67.5. The largest absolute Gasteiger partial charge is 0.472 e. The van der Waals surface area contributed by atoms with Gasteiger partial charge in [-0.15, -0.1) is 0 Å². The van der Waals surface area contributed by atoms with Crippen molar-refractivity contribution in [3.63, 3.8) is 0 Å². The molecule has 5 atom stereocenters. The second kappa shape index (κ2) is 71.3. The third kappa shape index (κ3) is 74.3. The predicted octanol–water partition coefficient (Wildman–Crippen LogP) is 24.1. The lowest BCUT2D eigenvalue weighted by atomic mass is 10.0. The first-order valence-corrected chi connectivity index (χ1v) is 44.8. The van der Waals surface area contributed by atoms with Gasteiger partial charge in [-0.1, -0.05) is 370 Å². The molecule has 2 unspecified atom stereocenters. The molecule has 0 aromatic carbocycles. The fourth-order valence-electron chi connectivity index (χ4n) is 12.5. The fraction of sp³-hybridized carbons (Fsp3) is 0.951. The van der Waals surface area contributed by atoms with Gasteiger partial charge in [0.25, 0.3) is 0 Å². The Balaban J connectivity index is 5.28. The van der Waals surface area contributed by atoms with Crippen LogP contribution in [0.3, 0.4) is 0 Å². The van der Waals surface area contributed by atoms with Gasteiger partial charge >= 0.3 is 39.5 Å². The molecular formula is C81H158O17P2. The molecule has 0 saturated heterocycles. The molecule has 19 heteroatoms. The van der Waals surface area contributed by atoms with Crippen molar-refractivity contribution >= 4 is 39.5 Å². The molecule has 0 spiro atoms. The smallest absolute Gasteiger partial charge is 0.462 e. The number of hydrogen-bond acceptors (Lipinski definition) is 15. The Morgan fingerprint density at radius 2 is 0.460 bits per heavy atom. The van der Waals surface area contributed by atoms with Crippen LogP contribution < -0.4 is 0 Å². The number of aliphatic hydroxyl groups excluding tert-OH is 1. The van der Waals surface area contributed by atoms with Gasteiger partial charge in [-0.3, -0.25) is 37.3 Å². The molecule has 3 N–H and O–H groups in total. The van der Waals surface area contributed by atoms with Gasteiger partial charge in [0.1, 0.15) is 19.3 Å². The summed E-state index contributed by atoms with van der Waals surface area (Å²) >= 11 is 0. The molecule has 0 radical (unpaired) electrons. The summed E-state index contributed by atoms with van der Waals surface area (Å²) in [5.74, 6) is 0.245. The Hall–Kier alpha value is -1.94. The van der Waals surface area contributed by atoms with Gasteiger partial charge in [-0.2, -0.15) is 0 Å². The average molecular weight is 1470 g/mol. The molecule has 0 heterocycles. The molecule has 0 aliphatic heterocycles. The first-order chi connectivity index (χ1) is 48.2. The van der Waals surface area contributed by atoms with Crippen LogP contribution in [0.25, 0.3) is 0 Å². The number of hydrogen-bond donors (Lipinski definition) is 3. The number of ether oxygens (including phenoxy) is 4. The molecule has 0 fully saturated rings. The standard InChI is InChI=1S/C81H158O17P2/c1-8-9-10-11-12-13-14-17-27-34-41-48-55-62-78(83)91-68-77(98-81(86)65-58-51-44-37-30-23-21-26-33-40-47-54-61-74(6)7)71-96-100(89,90)94-67-75(82)66-93-99(87,88)95-70-76(69-92-79(84)63-56-49-42-35-28-22-20-25-32-39-46-53-60-73(4)5)97-80(85)64-57-50-43-36-29-19-16-15-18-24-31-38-45-52-59-72(2)3/h72-77,82H,8-71H2,1-7H3,(H,87,88)(H,89,90)/t75-,76-,77-/m1/s1. The van der Waals surface area contributed by atoms with Gasteiger partial charge < -0.3 is 33.8 Å². The van der Waals surface area contributed by atoms with Crippen molar-refractivity contribution in [1.29, 1.82) is 0 Å². The minimum Gasteiger partial charge on any atom is -0.462 e. The van der Waals surface area contributed by atoms with E-state index in [9.17, 15) is 43.2 Å². The molecule has 17 nitrogen and oxygen atoms in total. The fourth-order valence-corrected chi connectivity index (χ4v) is 14.1. The number of carbonyl (C=O) groups excluding carboxylic acids is 4. The monoisotopic (exact) mass is 1470 g/mol. The molecule has 0 aliphatic carbocycles. The minimum atomic E-state index is -4.96. The van der Waals surface area contributed by atoms with Crippen molar-refractivity contribution in [3.05, 3.63) is 0 Å². The van der Waals surface area contributed by atoms with Crippen LogP contribution >= 0.6 is 15.6 Å². The minimum absolute atomic E-state index is 0.107. The van der Waals surface area contributed by atoms with Crippen molar-refractivity contribution in [1.82, 2.24) is 0 Å². The predicted molar refractivity (Wildman–Crippen MR) is 409 cm³/mol. The van der Waals surface area contributed by atoms with Crippen LogP contribution in [-0.4, -0.2) is 96.7 Å². The summed E-state index contributed by atoms with van der Waals surface area (Å²) in [4.78, 5) is 73.1. The Bertz CT molecular complexity index is 1940. The van der Waals surface area contributed by atoms with E-state index in [0.717, 1.165) is 108 Å². The Morgan fingerprint density at radius 1 is 0.270 bits per heavy atom. The van der Waals surface area contributed by atoms with Gasteiger partial charge in [0.2, 0.25) is 0 Å². The van der Waals surface area contributed by atoms with Crippen LogP contribution in [0.4, 0.5) is 0 Å². The molecule has 0 amide bonds. The van der Waals surface area contributed by atoms with Crippen molar-refractivity contribution in [2.75, 3.05) is 39.6 Å². The Labute approximate surface area is 613 Å². The summed E-state index contributed by atoms with van der Waals surface area (Å²) in [5.41, 5.74) is 0. The van der Waals surface area contributed by atoms with E-state index in [1.807, 2.05) is 0 Å². The molecule has 100 heavy (non-hydrogen) atoms. The summed E-state index contributed by atoms with van der Waals surface area (Å²) < 4.78 is 68.8. The molecule has 0 rings (SSSR count). The van der Waals surface area contributed by atoms with Gasteiger partial charge in [0.15, 0.2) is 12.2 Å². The van der Waals surface area contributed by atoms with Gasteiger partial charge in [0.05, 0.1) is 26.4 Å². The maximum atomic E-state index is 13.1. The quantitative estimate of drug-likeness (QED) is 0.0222. The van der Waals surface area contributed by atoms with E-state index in [2.05, 4.69) is 48.5 Å². The molecule has 594 valence electrons. The van der Waals surface area contributed by atoms with E-state index < -0.39 is 97.5 Å². The summed E-state index contributed by atoms with van der Waals surface area (Å²) in [6.45, 7) is 12.0. The highest BCUT2D eigenvalue weighted by Crippen LogP contribution is 2.45. The molecular weight excluding hydrogens is 1310 g/mol. The normalized spacial score (nSPS) is 14.0. The van der Waals surface area contributed by atoms with Crippen LogP contribution in [0.15, 0.2) is 0 Å². The van der Waals surface area contributed by atoms with E-state index in [-0.39, 0.29) is 25.7 Å². The number of phosphoric acid groups is 2. The Kier molecular flexibility index (Phi) is 69.9. The van der Waals surface area contributed by atoms with Crippen molar-refractivity contribution in [3.8, 4) is 0 Å². The van der Waals surface area contributed by atoms with Crippen molar-refractivity contribution in [2.45, 2.75) is 439 Å². The van der Waals surface area contributed by atoms with Crippen LogP contribution in [0.5, 0.6) is 0 Å². The maximum absolute atomic E-state index is 13.1. The van der Waals surface area contributed by atoms with E-state index in [1.165, 1.54) is 231 Å². The van der Waals surface area contributed by atoms with Gasteiger partial charge in [0, 0.05) is 25.7 Å². The van der Waals surface area contributed by atoms with E-state index in [0.29, 0.717) is 25.7 Å². The first kappa shape index (κ1) is 98.1.